The van der Waals surface area contributed by atoms with Crippen LogP contribution in [-0.4, -0.2) is 30.5 Å². The van der Waals surface area contributed by atoms with Crippen molar-refractivity contribution in [3.05, 3.63) is 29.8 Å². The molecule has 1 heterocycles. The van der Waals surface area contributed by atoms with Gasteiger partial charge in [-0.3, -0.25) is 0 Å². The minimum atomic E-state index is -0.796. The number of ether oxygens (including phenoxy) is 2. The van der Waals surface area contributed by atoms with Crippen LogP contribution in [-0.2, 0) is 10.2 Å². The summed E-state index contributed by atoms with van der Waals surface area (Å²) >= 11 is 0. The van der Waals surface area contributed by atoms with Crippen molar-refractivity contribution in [3.63, 3.8) is 0 Å². The highest BCUT2D eigenvalue weighted by Crippen LogP contribution is 2.42. The van der Waals surface area contributed by atoms with Gasteiger partial charge in [-0.05, 0) is 38.5 Å². The summed E-state index contributed by atoms with van der Waals surface area (Å²) < 4.78 is 10.8. The van der Waals surface area contributed by atoms with Crippen LogP contribution in [0.2, 0.25) is 0 Å². The molecular weight excluding hydrogens is 216 g/mol. The van der Waals surface area contributed by atoms with Gasteiger partial charge in [0.25, 0.3) is 0 Å². The van der Waals surface area contributed by atoms with Gasteiger partial charge in [-0.2, -0.15) is 0 Å². The fraction of sp³-hybridized carbons (Fsp3) is 0.571. The predicted octanol–water partition coefficient (Wildman–Crippen LogP) is 2.12. The Bertz CT molecular complexity index is 389. The molecule has 1 N–H and O–H groups in total. The minimum absolute atomic E-state index is 0.305. The van der Waals surface area contributed by atoms with E-state index in [1.807, 2.05) is 45.0 Å². The topological polar surface area (TPSA) is 38.7 Å². The second-order valence-corrected chi connectivity index (χ2v) is 5.09. The van der Waals surface area contributed by atoms with E-state index in [-0.39, 0.29) is 5.41 Å². The van der Waals surface area contributed by atoms with Gasteiger partial charge in [0.1, 0.15) is 5.75 Å². The van der Waals surface area contributed by atoms with E-state index in [4.69, 9.17) is 9.47 Å². The van der Waals surface area contributed by atoms with Crippen molar-refractivity contribution < 1.29 is 14.6 Å². The van der Waals surface area contributed by atoms with E-state index in [1.54, 1.807) is 0 Å². The third-order valence-corrected chi connectivity index (χ3v) is 3.57. The largest absolute Gasteiger partial charge is 0.494 e. The van der Waals surface area contributed by atoms with Crippen LogP contribution in [0.25, 0.3) is 0 Å². The Kier molecular flexibility index (Phi) is 3.15. The van der Waals surface area contributed by atoms with Crippen LogP contribution in [0.15, 0.2) is 24.3 Å². The molecule has 1 aliphatic heterocycles. The summed E-state index contributed by atoms with van der Waals surface area (Å²) in [6.07, 6.45) is 0. The molecular formula is C14H20O3. The van der Waals surface area contributed by atoms with Gasteiger partial charge < -0.3 is 14.6 Å². The van der Waals surface area contributed by atoms with Crippen molar-refractivity contribution in [1.29, 1.82) is 0 Å². The zero-order chi connectivity index (χ0) is 12.5. The van der Waals surface area contributed by atoms with Crippen molar-refractivity contribution in [2.24, 2.45) is 0 Å². The quantitative estimate of drug-likeness (QED) is 0.870. The van der Waals surface area contributed by atoms with Crippen LogP contribution in [0.3, 0.4) is 0 Å². The number of aliphatic hydroxyl groups is 1. The lowest BCUT2D eigenvalue weighted by molar-refractivity contribution is -0.157. The summed E-state index contributed by atoms with van der Waals surface area (Å²) in [5, 5.41) is 10.3. The summed E-state index contributed by atoms with van der Waals surface area (Å²) in [5.41, 5.74) is -0.0156. The van der Waals surface area contributed by atoms with Gasteiger partial charge in [0.05, 0.1) is 30.8 Å². The molecule has 0 amide bonds. The molecule has 0 bridgehead atoms. The lowest BCUT2D eigenvalue weighted by Crippen LogP contribution is -2.60. The standard InChI is InChI=1S/C14H20O3/c1-4-17-12-7-5-6-11(8-12)14(9-16-10-14)13(2,3)15/h5-8,15H,4,9-10H2,1-3H3. The Morgan fingerprint density at radius 2 is 2.12 bits per heavy atom. The molecule has 3 heteroatoms. The van der Waals surface area contributed by atoms with Crippen molar-refractivity contribution in [2.75, 3.05) is 19.8 Å². The number of hydrogen-bond donors (Lipinski definition) is 1. The molecule has 1 aromatic carbocycles. The molecule has 0 saturated carbocycles. The number of rotatable bonds is 4. The molecule has 1 aliphatic rings. The van der Waals surface area contributed by atoms with E-state index in [1.165, 1.54) is 0 Å². The molecule has 94 valence electrons. The van der Waals surface area contributed by atoms with E-state index in [0.29, 0.717) is 19.8 Å². The first kappa shape index (κ1) is 12.4. The molecule has 17 heavy (non-hydrogen) atoms. The monoisotopic (exact) mass is 236 g/mol. The zero-order valence-corrected chi connectivity index (χ0v) is 10.7. The van der Waals surface area contributed by atoms with E-state index < -0.39 is 5.60 Å². The minimum Gasteiger partial charge on any atom is -0.494 e. The molecule has 3 nitrogen and oxygen atoms in total. The average Bonchev–Trinajstić information content (AvgIpc) is 2.14. The lowest BCUT2D eigenvalue weighted by Gasteiger charge is -2.50. The smallest absolute Gasteiger partial charge is 0.119 e. The Morgan fingerprint density at radius 3 is 2.59 bits per heavy atom. The lowest BCUT2D eigenvalue weighted by atomic mass is 9.67. The average molecular weight is 236 g/mol. The molecule has 0 radical (unpaired) electrons. The van der Waals surface area contributed by atoms with E-state index in [0.717, 1.165) is 11.3 Å². The van der Waals surface area contributed by atoms with Gasteiger partial charge >= 0.3 is 0 Å². The van der Waals surface area contributed by atoms with Gasteiger partial charge in [0.2, 0.25) is 0 Å². The number of benzene rings is 1. The fourth-order valence-electron chi connectivity index (χ4n) is 2.23. The van der Waals surface area contributed by atoms with Gasteiger partial charge in [-0.25, -0.2) is 0 Å². The number of hydrogen-bond acceptors (Lipinski definition) is 3. The molecule has 0 atom stereocenters. The summed E-state index contributed by atoms with van der Waals surface area (Å²) in [5.74, 6) is 0.848. The van der Waals surface area contributed by atoms with Crippen molar-refractivity contribution in [1.82, 2.24) is 0 Å². The molecule has 1 fully saturated rings. The van der Waals surface area contributed by atoms with Crippen molar-refractivity contribution >= 4 is 0 Å². The van der Waals surface area contributed by atoms with Crippen LogP contribution in [0.4, 0.5) is 0 Å². The van der Waals surface area contributed by atoms with Gasteiger partial charge in [-0.15, -0.1) is 0 Å². The fourth-order valence-corrected chi connectivity index (χ4v) is 2.23. The predicted molar refractivity (Wildman–Crippen MR) is 66.4 cm³/mol. The van der Waals surface area contributed by atoms with Gasteiger partial charge in [-0.1, -0.05) is 12.1 Å². The summed E-state index contributed by atoms with van der Waals surface area (Å²) in [4.78, 5) is 0. The first-order valence-corrected chi connectivity index (χ1v) is 6.03. The van der Waals surface area contributed by atoms with Crippen LogP contribution in [0, 0.1) is 0 Å². The summed E-state index contributed by atoms with van der Waals surface area (Å²) in [7, 11) is 0. The maximum atomic E-state index is 10.3. The first-order chi connectivity index (χ1) is 7.99. The van der Waals surface area contributed by atoms with Crippen LogP contribution in [0.1, 0.15) is 26.3 Å². The van der Waals surface area contributed by atoms with E-state index in [9.17, 15) is 5.11 Å². The summed E-state index contributed by atoms with van der Waals surface area (Å²) in [6, 6.07) is 7.93. The molecule has 0 aromatic heterocycles. The van der Waals surface area contributed by atoms with Crippen molar-refractivity contribution in [2.45, 2.75) is 31.8 Å². The normalized spacial score (nSPS) is 18.6. The first-order valence-electron chi connectivity index (χ1n) is 6.03. The second kappa shape index (κ2) is 4.31. The molecule has 0 unspecified atom stereocenters. The second-order valence-electron chi connectivity index (χ2n) is 5.09. The van der Waals surface area contributed by atoms with Crippen LogP contribution >= 0.6 is 0 Å². The third kappa shape index (κ3) is 2.05. The Morgan fingerprint density at radius 1 is 1.41 bits per heavy atom. The Balaban J connectivity index is 2.35. The van der Waals surface area contributed by atoms with E-state index >= 15 is 0 Å². The molecule has 0 aliphatic carbocycles. The SMILES string of the molecule is CCOc1cccc(C2(C(C)(C)O)COC2)c1. The van der Waals surface area contributed by atoms with Gasteiger partial charge in [0, 0.05) is 0 Å². The highest BCUT2D eigenvalue weighted by atomic mass is 16.5. The Hall–Kier alpha value is -1.06. The maximum Gasteiger partial charge on any atom is 0.119 e. The molecule has 1 saturated heterocycles. The van der Waals surface area contributed by atoms with Crippen LogP contribution in [0.5, 0.6) is 5.75 Å². The molecule has 1 aromatic rings. The summed E-state index contributed by atoms with van der Waals surface area (Å²) in [6.45, 7) is 7.41. The third-order valence-electron chi connectivity index (χ3n) is 3.57. The zero-order valence-electron chi connectivity index (χ0n) is 10.7. The Labute approximate surface area is 102 Å². The van der Waals surface area contributed by atoms with Gasteiger partial charge in [0.15, 0.2) is 0 Å². The molecule has 0 spiro atoms. The van der Waals surface area contributed by atoms with E-state index in [2.05, 4.69) is 0 Å². The highest BCUT2D eigenvalue weighted by Gasteiger charge is 2.51. The molecule has 2 rings (SSSR count). The van der Waals surface area contributed by atoms with Crippen LogP contribution < -0.4 is 4.74 Å². The maximum absolute atomic E-state index is 10.3. The highest BCUT2D eigenvalue weighted by molar-refractivity contribution is 5.38. The van der Waals surface area contributed by atoms with Crippen molar-refractivity contribution in [3.8, 4) is 5.75 Å².